The Morgan fingerprint density at radius 3 is 2.92 bits per heavy atom. The van der Waals surface area contributed by atoms with Crippen LogP contribution in [-0.4, -0.2) is 13.3 Å². The van der Waals surface area contributed by atoms with Crippen molar-refractivity contribution in [2.75, 3.05) is 12.8 Å². The van der Waals surface area contributed by atoms with Gasteiger partial charge in [0.25, 0.3) is 0 Å². The lowest BCUT2D eigenvalue weighted by atomic mass is 10.2. The van der Waals surface area contributed by atoms with E-state index in [1.165, 1.54) is 19.4 Å². The second-order valence-electron chi connectivity index (χ2n) is 2.31. The molecule has 0 atom stereocenters. The molecule has 0 aliphatic heterocycles. The molecular weight excluding hydrogens is 195 g/mol. The molecule has 0 radical (unpaired) electrons. The first kappa shape index (κ1) is 9.80. The molecule has 0 fully saturated rings. The summed E-state index contributed by atoms with van der Waals surface area (Å²) in [5.41, 5.74) is 5.87. The topological polar surface area (TPSA) is 47.6 Å². The van der Waals surface area contributed by atoms with E-state index in [0.29, 0.717) is 5.56 Å². The maximum Gasteiger partial charge on any atom is 0.147 e. The zero-order valence-corrected chi connectivity index (χ0v) is 7.68. The Morgan fingerprint density at radius 1 is 1.62 bits per heavy atom. The summed E-state index contributed by atoms with van der Waals surface area (Å²) in [6, 6.07) is 2.52. The molecule has 0 saturated heterocycles. The predicted octanol–water partition coefficient (Wildman–Crippen LogP) is 2.04. The fraction of sp³-hybridized carbons (Fsp3) is 0.125. The average Bonchev–Trinajstić information content (AvgIpc) is 2.09. The monoisotopic (exact) mass is 202 g/mol. The summed E-state index contributed by atoms with van der Waals surface area (Å²) in [4.78, 5) is 4.45. The number of anilines is 1. The molecule has 0 heterocycles. The molecule has 0 bridgehead atoms. The Bertz CT molecular complexity index is 341. The summed E-state index contributed by atoms with van der Waals surface area (Å²) >= 11 is 5.69. The number of oxime groups is 1. The van der Waals surface area contributed by atoms with Crippen LogP contribution in [0.5, 0.6) is 0 Å². The Morgan fingerprint density at radius 2 is 2.31 bits per heavy atom. The molecule has 1 rings (SSSR count). The van der Waals surface area contributed by atoms with E-state index in [1.54, 1.807) is 0 Å². The zero-order valence-electron chi connectivity index (χ0n) is 6.92. The maximum absolute atomic E-state index is 12.8. The minimum atomic E-state index is -0.542. The van der Waals surface area contributed by atoms with Gasteiger partial charge in [0.15, 0.2) is 0 Å². The van der Waals surface area contributed by atoms with Gasteiger partial charge in [0.1, 0.15) is 12.9 Å². The molecular formula is C8H8ClFN2O. The van der Waals surface area contributed by atoms with Crippen LogP contribution in [0, 0.1) is 5.82 Å². The number of hydrogen-bond acceptors (Lipinski definition) is 3. The van der Waals surface area contributed by atoms with Crippen molar-refractivity contribution in [1.29, 1.82) is 0 Å². The second kappa shape index (κ2) is 4.09. The number of benzene rings is 1. The predicted molar refractivity (Wildman–Crippen MR) is 50.4 cm³/mol. The molecule has 1 aromatic carbocycles. The van der Waals surface area contributed by atoms with Crippen LogP contribution in [0.4, 0.5) is 10.1 Å². The fourth-order valence-corrected chi connectivity index (χ4v) is 0.991. The van der Waals surface area contributed by atoms with Gasteiger partial charge in [-0.1, -0.05) is 16.8 Å². The van der Waals surface area contributed by atoms with Crippen LogP contribution in [0.1, 0.15) is 5.56 Å². The van der Waals surface area contributed by atoms with Crippen LogP contribution in [0.15, 0.2) is 17.3 Å². The van der Waals surface area contributed by atoms with Gasteiger partial charge in [-0.2, -0.15) is 0 Å². The lowest BCUT2D eigenvalue weighted by Gasteiger charge is -2.00. The number of hydrogen-bond donors (Lipinski definition) is 1. The van der Waals surface area contributed by atoms with Crippen LogP contribution in [0.2, 0.25) is 5.02 Å². The highest BCUT2D eigenvalue weighted by molar-refractivity contribution is 6.33. The molecule has 0 amide bonds. The molecule has 13 heavy (non-hydrogen) atoms. The summed E-state index contributed by atoms with van der Waals surface area (Å²) in [5, 5.41) is 3.73. The third-order valence-corrected chi connectivity index (χ3v) is 1.74. The lowest BCUT2D eigenvalue weighted by molar-refractivity contribution is 0.215. The van der Waals surface area contributed by atoms with Crippen molar-refractivity contribution in [3.63, 3.8) is 0 Å². The van der Waals surface area contributed by atoms with Crippen molar-refractivity contribution >= 4 is 23.5 Å². The van der Waals surface area contributed by atoms with Gasteiger partial charge in [-0.15, -0.1) is 0 Å². The minimum Gasteiger partial charge on any atom is -0.399 e. The van der Waals surface area contributed by atoms with E-state index in [-0.39, 0.29) is 10.7 Å². The molecule has 3 nitrogen and oxygen atoms in total. The third-order valence-electron chi connectivity index (χ3n) is 1.41. The van der Waals surface area contributed by atoms with E-state index < -0.39 is 5.82 Å². The Kier molecular flexibility index (Phi) is 3.08. The van der Waals surface area contributed by atoms with E-state index in [1.807, 2.05) is 0 Å². The molecule has 0 unspecified atom stereocenters. The molecule has 0 aliphatic carbocycles. The summed E-state index contributed by atoms with van der Waals surface area (Å²) < 4.78 is 12.8. The molecule has 0 spiro atoms. The van der Waals surface area contributed by atoms with Crippen LogP contribution < -0.4 is 5.73 Å². The second-order valence-corrected chi connectivity index (χ2v) is 2.72. The van der Waals surface area contributed by atoms with Crippen LogP contribution in [0.25, 0.3) is 0 Å². The smallest absolute Gasteiger partial charge is 0.147 e. The number of nitrogen functional groups attached to an aromatic ring is 1. The molecule has 1 aromatic rings. The van der Waals surface area contributed by atoms with Gasteiger partial charge in [0, 0.05) is 5.56 Å². The van der Waals surface area contributed by atoms with Crippen molar-refractivity contribution in [1.82, 2.24) is 0 Å². The quantitative estimate of drug-likeness (QED) is 0.453. The summed E-state index contributed by atoms with van der Waals surface area (Å²) in [6.07, 6.45) is 1.36. The van der Waals surface area contributed by atoms with Gasteiger partial charge in [-0.3, -0.25) is 0 Å². The third kappa shape index (κ3) is 2.32. The molecule has 0 aromatic heterocycles. The normalized spacial score (nSPS) is 10.7. The number of rotatable bonds is 2. The number of nitrogens with two attached hydrogens (primary N) is 1. The van der Waals surface area contributed by atoms with Gasteiger partial charge in [-0.05, 0) is 12.1 Å². The fourth-order valence-electron chi connectivity index (χ4n) is 0.792. The number of nitrogens with zero attached hydrogens (tertiary/aromatic N) is 1. The van der Waals surface area contributed by atoms with Crippen molar-refractivity contribution < 1.29 is 9.23 Å². The highest BCUT2D eigenvalue weighted by Gasteiger charge is 2.03. The number of halogens is 2. The van der Waals surface area contributed by atoms with E-state index in [9.17, 15) is 4.39 Å². The van der Waals surface area contributed by atoms with Crippen LogP contribution >= 0.6 is 11.6 Å². The highest BCUT2D eigenvalue weighted by atomic mass is 35.5. The van der Waals surface area contributed by atoms with Gasteiger partial charge in [-0.25, -0.2) is 4.39 Å². The van der Waals surface area contributed by atoms with Gasteiger partial charge in [0.05, 0.1) is 16.9 Å². The summed E-state index contributed by atoms with van der Waals surface area (Å²) in [7, 11) is 1.40. The maximum atomic E-state index is 12.8. The Hall–Kier alpha value is -1.29. The van der Waals surface area contributed by atoms with Crippen molar-refractivity contribution in [3.8, 4) is 0 Å². The van der Waals surface area contributed by atoms with Crippen molar-refractivity contribution in [3.05, 3.63) is 28.5 Å². The van der Waals surface area contributed by atoms with Crippen molar-refractivity contribution in [2.45, 2.75) is 0 Å². The summed E-state index contributed by atoms with van der Waals surface area (Å²) in [6.45, 7) is 0. The van der Waals surface area contributed by atoms with E-state index in [2.05, 4.69) is 9.99 Å². The Labute approximate surface area is 79.9 Å². The first-order valence-electron chi connectivity index (χ1n) is 3.46. The SMILES string of the molecule is CON=Cc1cc(N)c(F)cc1Cl. The van der Waals surface area contributed by atoms with Crippen LogP contribution in [0.3, 0.4) is 0 Å². The average molecular weight is 203 g/mol. The van der Waals surface area contributed by atoms with Gasteiger partial charge in [0.2, 0.25) is 0 Å². The molecule has 5 heteroatoms. The first-order chi connectivity index (χ1) is 6.15. The Balaban J connectivity index is 3.08. The molecule has 0 aliphatic rings. The molecule has 0 saturated carbocycles. The van der Waals surface area contributed by atoms with Crippen molar-refractivity contribution in [2.24, 2.45) is 5.16 Å². The van der Waals surface area contributed by atoms with Gasteiger partial charge >= 0.3 is 0 Å². The lowest BCUT2D eigenvalue weighted by Crippen LogP contribution is -1.94. The molecule has 2 N–H and O–H groups in total. The highest BCUT2D eigenvalue weighted by Crippen LogP contribution is 2.20. The van der Waals surface area contributed by atoms with E-state index in [0.717, 1.165) is 6.07 Å². The largest absolute Gasteiger partial charge is 0.399 e. The first-order valence-corrected chi connectivity index (χ1v) is 3.84. The minimum absolute atomic E-state index is 0.0296. The summed E-state index contributed by atoms with van der Waals surface area (Å²) in [5.74, 6) is -0.542. The van der Waals surface area contributed by atoms with Crippen LogP contribution in [-0.2, 0) is 4.84 Å². The standard InChI is InChI=1S/C8H8ClFN2O/c1-13-12-4-5-2-8(11)7(10)3-6(5)9/h2-4H,11H2,1H3. The van der Waals surface area contributed by atoms with E-state index in [4.69, 9.17) is 17.3 Å². The van der Waals surface area contributed by atoms with E-state index >= 15 is 0 Å². The zero-order chi connectivity index (χ0) is 9.84. The molecule has 70 valence electrons. The van der Waals surface area contributed by atoms with Gasteiger partial charge < -0.3 is 10.6 Å².